The molecule has 0 saturated heterocycles. The molecular weight excluding hydrogens is 384 g/mol. The van der Waals surface area contributed by atoms with Crippen LogP contribution in [0.4, 0.5) is 5.82 Å². The number of aryl methyl sites for hydroxylation is 1. The number of carbonyl (C=O) groups is 1. The maximum absolute atomic E-state index is 12.7. The molecule has 0 radical (unpaired) electrons. The van der Waals surface area contributed by atoms with Gasteiger partial charge in [0.1, 0.15) is 5.82 Å². The predicted octanol–water partition coefficient (Wildman–Crippen LogP) is 3.17. The highest BCUT2D eigenvalue weighted by Crippen LogP contribution is 2.18. The van der Waals surface area contributed by atoms with Crippen LogP contribution in [0.2, 0.25) is 0 Å². The summed E-state index contributed by atoms with van der Waals surface area (Å²) in [5.41, 5.74) is 2.20. The summed E-state index contributed by atoms with van der Waals surface area (Å²) in [6, 6.07) is 20.8. The molecule has 0 aliphatic rings. The zero-order valence-electron chi connectivity index (χ0n) is 16.5. The lowest BCUT2D eigenvalue weighted by molar-refractivity contribution is -0.118. The Bertz CT molecular complexity index is 1010. The Balaban J connectivity index is 1.85. The number of benzene rings is 2. The lowest BCUT2D eigenvalue weighted by Gasteiger charge is -2.21. The van der Waals surface area contributed by atoms with Gasteiger partial charge in [-0.1, -0.05) is 48.5 Å². The molecule has 1 heterocycles. The lowest BCUT2D eigenvalue weighted by Crippen LogP contribution is -2.33. The van der Waals surface area contributed by atoms with Crippen LogP contribution in [0.5, 0.6) is 0 Å². The summed E-state index contributed by atoms with van der Waals surface area (Å²) < 4.78 is 1.57. The van der Waals surface area contributed by atoms with Gasteiger partial charge in [-0.05, 0) is 30.9 Å². The fourth-order valence-electron chi connectivity index (χ4n) is 3.08. The number of hydrogen-bond acceptors (Lipinski definition) is 5. The average Bonchev–Trinajstić information content (AvgIpc) is 2.72. The third kappa shape index (κ3) is 5.48. The van der Waals surface area contributed by atoms with Crippen LogP contribution in [-0.4, -0.2) is 34.0 Å². The second-order valence-electron chi connectivity index (χ2n) is 6.58. The van der Waals surface area contributed by atoms with Crippen molar-refractivity contribution in [1.82, 2.24) is 14.9 Å². The number of anilines is 1. The van der Waals surface area contributed by atoms with E-state index < -0.39 is 0 Å². The van der Waals surface area contributed by atoms with Crippen LogP contribution in [0.3, 0.4) is 0 Å². The first-order chi connectivity index (χ1) is 14.1. The van der Waals surface area contributed by atoms with E-state index in [1.165, 1.54) is 11.8 Å². The summed E-state index contributed by atoms with van der Waals surface area (Å²) >= 11 is 1.48. The second-order valence-corrected chi connectivity index (χ2v) is 7.45. The normalized spacial score (nSPS) is 11.7. The fraction of sp³-hybridized carbons (Fsp3) is 0.227. The fourth-order valence-corrected chi connectivity index (χ4v) is 3.44. The Hall–Kier alpha value is -3.06. The van der Waals surface area contributed by atoms with Gasteiger partial charge < -0.3 is 10.6 Å². The van der Waals surface area contributed by atoms with E-state index in [0.29, 0.717) is 18.1 Å². The Morgan fingerprint density at radius 1 is 1.10 bits per heavy atom. The predicted molar refractivity (Wildman–Crippen MR) is 119 cm³/mol. The number of nitrogens with one attached hydrogen (secondary N) is 2. The monoisotopic (exact) mass is 408 g/mol. The molecule has 1 aromatic heterocycles. The molecular formula is C22H24N4O2S. The molecule has 0 fully saturated rings. The highest BCUT2D eigenvalue weighted by Gasteiger charge is 2.15. The van der Waals surface area contributed by atoms with E-state index in [0.717, 1.165) is 16.9 Å². The largest absolute Gasteiger partial charge is 0.361 e. The van der Waals surface area contributed by atoms with Crippen LogP contribution < -0.4 is 16.3 Å². The van der Waals surface area contributed by atoms with Gasteiger partial charge in [-0.2, -0.15) is 16.7 Å². The minimum atomic E-state index is -0.350. The molecule has 0 unspecified atom stereocenters. The number of carbonyl (C=O) groups excluding carboxylic acids is 1. The van der Waals surface area contributed by atoms with Gasteiger partial charge in [0.25, 0.3) is 0 Å². The Morgan fingerprint density at radius 2 is 1.76 bits per heavy atom. The molecule has 1 atom stereocenters. The standard InChI is InChI=1S/C22H24N4O2S/c1-16-13-20(25-22(28)26(16)18-11-7-4-8-12-18)24-19(14-23-21(27)15-29-2)17-9-5-3-6-10-17/h3-13,19H,14-15H2,1-2H3,(H,23,27)(H,24,25,28)/t19-/m1/s1. The van der Waals surface area contributed by atoms with Crippen LogP contribution in [-0.2, 0) is 4.79 Å². The molecule has 0 spiro atoms. The first-order valence-corrected chi connectivity index (χ1v) is 10.7. The Kier molecular flexibility index (Phi) is 7.08. The zero-order valence-corrected chi connectivity index (χ0v) is 17.3. The summed E-state index contributed by atoms with van der Waals surface area (Å²) in [6.07, 6.45) is 1.89. The van der Waals surface area contributed by atoms with Crippen LogP contribution >= 0.6 is 11.8 Å². The van der Waals surface area contributed by atoms with Crippen LogP contribution in [0.1, 0.15) is 17.3 Å². The number of rotatable bonds is 8. The molecule has 1 amide bonds. The van der Waals surface area contributed by atoms with Crippen molar-refractivity contribution in [2.75, 3.05) is 23.9 Å². The third-order valence-corrected chi connectivity index (χ3v) is 4.97. The smallest absolute Gasteiger partial charge is 0.354 e. The van der Waals surface area contributed by atoms with Crippen molar-refractivity contribution in [3.8, 4) is 5.69 Å². The maximum atomic E-state index is 12.7. The van der Waals surface area contributed by atoms with E-state index in [2.05, 4.69) is 15.6 Å². The van der Waals surface area contributed by atoms with E-state index in [4.69, 9.17) is 0 Å². The van der Waals surface area contributed by atoms with E-state index in [1.54, 1.807) is 4.57 Å². The van der Waals surface area contributed by atoms with Crippen LogP contribution in [0, 0.1) is 6.92 Å². The second kappa shape index (κ2) is 9.93. The molecule has 3 aromatic rings. The Morgan fingerprint density at radius 3 is 2.38 bits per heavy atom. The van der Waals surface area contributed by atoms with Crippen molar-refractivity contribution < 1.29 is 4.79 Å². The highest BCUT2D eigenvalue weighted by atomic mass is 32.2. The number of hydrogen-bond donors (Lipinski definition) is 2. The number of nitrogens with zero attached hydrogens (tertiary/aromatic N) is 2. The minimum absolute atomic E-state index is 0.0242. The average molecular weight is 409 g/mol. The first-order valence-electron chi connectivity index (χ1n) is 9.31. The van der Waals surface area contributed by atoms with Gasteiger partial charge in [0.05, 0.1) is 17.5 Å². The van der Waals surface area contributed by atoms with Gasteiger partial charge in [-0.25, -0.2) is 4.79 Å². The summed E-state index contributed by atoms with van der Waals surface area (Å²) in [5, 5.41) is 6.24. The molecule has 150 valence electrons. The van der Waals surface area contributed by atoms with Gasteiger partial charge in [0.2, 0.25) is 5.91 Å². The number of aromatic nitrogens is 2. The van der Waals surface area contributed by atoms with E-state index >= 15 is 0 Å². The van der Waals surface area contributed by atoms with Crippen molar-refractivity contribution in [1.29, 1.82) is 0 Å². The first kappa shape index (κ1) is 20.7. The zero-order chi connectivity index (χ0) is 20.6. The molecule has 6 nitrogen and oxygen atoms in total. The number of amides is 1. The van der Waals surface area contributed by atoms with Crippen molar-refractivity contribution in [3.05, 3.63) is 88.5 Å². The molecule has 2 aromatic carbocycles. The summed E-state index contributed by atoms with van der Waals surface area (Å²) in [5.74, 6) is 0.864. The highest BCUT2D eigenvalue weighted by molar-refractivity contribution is 7.99. The lowest BCUT2D eigenvalue weighted by atomic mass is 10.1. The molecule has 29 heavy (non-hydrogen) atoms. The summed E-state index contributed by atoms with van der Waals surface area (Å²) in [7, 11) is 0. The van der Waals surface area contributed by atoms with E-state index in [-0.39, 0.29) is 17.6 Å². The topological polar surface area (TPSA) is 76.0 Å². The molecule has 0 aliphatic heterocycles. The van der Waals surface area contributed by atoms with Gasteiger partial charge in [-0.15, -0.1) is 0 Å². The molecule has 0 aliphatic carbocycles. The van der Waals surface area contributed by atoms with Gasteiger partial charge >= 0.3 is 5.69 Å². The third-order valence-electron chi connectivity index (χ3n) is 4.42. The number of thioether (sulfide) groups is 1. The van der Waals surface area contributed by atoms with Crippen LogP contribution in [0.25, 0.3) is 5.69 Å². The molecule has 0 bridgehead atoms. The van der Waals surface area contributed by atoms with Crippen LogP contribution in [0.15, 0.2) is 71.5 Å². The Labute approximate surface area is 174 Å². The minimum Gasteiger partial charge on any atom is -0.361 e. The van der Waals surface area contributed by atoms with E-state index in [9.17, 15) is 9.59 Å². The summed E-state index contributed by atoms with van der Waals surface area (Å²) in [6.45, 7) is 2.27. The van der Waals surface area contributed by atoms with Gasteiger partial charge in [0.15, 0.2) is 0 Å². The maximum Gasteiger partial charge on any atom is 0.354 e. The molecule has 0 saturated carbocycles. The summed E-state index contributed by atoms with van der Waals surface area (Å²) in [4.78, 5) is 28.8. The van der Waals surface area contributed by atoms with Gasteiger partial charge in [0, 0.05) is 18.3 Å². The molecule has 2 N–H and O–H groups in total. The molecule has 3 rings (SSSR count). The molecule has 7 heteroatoms. The number of para-hydroxylation sites is 1. The van der Waals surface area contributed by atoms with Crippen molar-refractivity contribution >= 4 is 23.5 Å². The van der Waals surface area contributed by atoms with Crippen molar-refractivity contribution in [3.63, 3.8) is 0 Å². The quantitative estimate of drug-likeness (QED) is 0.599. The van der Waals surface area contributed by atoms with Crippen molar-refractivity contribution in [2.24, 2.45) is 0 Å². The SMILES string of the molecule is CSCC(=O)NC[C@@H](Nc1cc(C)n(-c2ccccc2)c(=O)n1)c1ccccc1. The van der Waals surface area contributed by atoms with Gasteiger partial charge in [-0.3, -0.25) is 9.36 Å². The van der Waals surface area contributed by atoms with Crippen molar-refractivity contribution in [2.45, 2.75) is 13.0 Å². The van der Waals surface area contributed by atoms with E-state index in [1.807, 2.05) is 79.9 Å².